The summed E-state index contributed by atoms with van der Waals surface area (Å²) in [6.45, 7) is 2.10. The van der Waals surface area contributed by atoms with E-state index in [0.29, 0.717) is 11.3 Å². The van der Waals surface area contributed by atoms with Crippen molar-refractivity contribution in [2.75, 3.05) is 7.11 Å². The Morgan fingerprint density at radius 2 is 1.41 bits per heavy atom. The van der Waals surface area contributed by atoms with E-state index in [1.807, 2.05) is 42.5 Å². The summed E-state index contributed by atoms with van der Waals surface area (Å²) in [5, 5.41) is 28.6. The van der Waals surface area contributed by atoms with Crippen molar-refractivity contribution < 1.29 is 24.9 Å². The molecule has 0 aromatic heterocycles. The first-order valence-electron chi connectivity index (χ1n) is 10.3. The molecule has 0 unspecified atom stereocenters. The van der Waals surface area contributed by atoms with Crippen LogP contribution >= 0.6 is 0 Å². The Morgan fingerprint density at radius 1 is 0.875 bits per heavy atom. The molecule has 0 radical (unpaired) electrons. The summed E-state index contributed by atoms with van der Waals surface area (Å²) in [7, 11) is 1.55. The molecule has 5 nitrogen and oxygen atoms in total. The SMILES string of the molecule is CCCC(=C(c1ccc(O)cc1)c1ccc(O)cc1)c1ccc(OC)c(/C=C/C(=O)O)c1. The number of hydrogen-bond acceptors (Lipinski definition) is 4. The maximum absolute atomic E-state index is 11.0. The van der Waals surface area contributed by atoms with E-state index in [4.69, 9.17) is 9.84 Å². The van der Waals surface area contributed by atoms with Crippen molar-refractivity contribution >= 4 is 23.2 Å². The summed E-state index contributed by atoms with van der Waals surface area (Å²) >= 11 is 0. The molecule has 3 N–H and O–H groups in total. The van der Waals surface area contributed by atoms with Gasteiger partial charge in [0.1, 0.15) is 17.2 Å². The summed E-state index contributed by atoms with van der Waals surface area (Å²) in [6.07, 6.45) is 4.27. The Kier molecular flexibility index (Phi) is 7.34. The summed E-state index contributed by atoms with van der Waals surface area (Å²) in [6, 6.07) is 19.8. The van der Waals surface area contributed by atoms with Crippen molar-refractivity contribution in [3.63, 3.8) is 0 Å². The van der Waals surface area contributed by atoms with Crippen molar-refractivity contribution in [3.8, 4) is 17.2 Å². The average Bonchev–Trinajstić information content (AvgIpc) is 2.79. The zero-order valence-electron chi connectivity index (χ0n) is 18.1. The molecule has 0 fully saturated rings. The first-order valence-corrected chi connectivity index (χ1v) is 10.3. The van der Waals surface area contributed by atoms with Crippen molar-refractivity contribution in [1.82, 2.24) is 0 Å². The molecular weight excluding hydrogens is 404 g/mol. The molecule has 0 heterocycles. The van der Waals surface area contributed by atoms with E-state index in [9.17, 15) is 15.0 Å². The standard InChI is InChI=1S/C27H26O5/c1-3-4-24(20-9-15-25(32-2)21(17-20)10-16-26(30)31)27(18-5-11-22(28)12-6-18)19-7-13-23(29)14-8-19/h5-17,28-29H,3-4H2,1-2H3,(H,30,31)/b16-10+. The lowest BCUT2D eigenvalue weighted by Gasteiger charge is -2.18. The Bertz CT molecular complexity index is 1090. The van der Waals surface area contributed by atoms with Crippen molar-refractivity contribution in [2.45, 2.75) is 19.8 Å². The fourth-order valence-electron chi connectivity index (χ4n) is 3.65. The summed E-state index contributed by atoms with van der Waals surface area (Å²) in [4.78, 5) is 11.0. The van der Waals surface area contributed by atoms with Crippen molar-refractivity contribution in [3.05, 3.63) is 95.1 Å². The number of phenolic OH excluding ortho intramolecular Hbond substituents is 2. The van der Waals surface area contributed by atoms with Crippen LogP contribution in [0.25, 0.3) is 17.2 Å². The van der Waals surface area contributed by atoms with Crippen molar-refractivity contribution in [1.29, 1.82) is 0 Å². The normalized spacial score (nSPS) is 10.8. The third-order valence-corrected chi connectivity index (χ3v) is 5.10. The van der Waals surface area contributed by atoms with E-state index in [0.717, 1.165) is 46.8 Å². The van der Waals surface area contributed by atoms with Crippen LogP contribution in [0.5, 0.6) is 17.2 Å². The quantitative estimate of drug-likeness (QED) is 0.303. The summed E-state index contributed by atoms with van der Waals surface area (Å²) in [5.74, 6) is -0.0867. The Labute approximate surface area is 187 Å². The smallest absolute Gasteiger partial charge is 0.328 e. The Morgan fingerprint density at radius 3 is 1.88 bits per heavy atom. The largest absolute Gasteiger partial charge is 0.508 e. The van der Waals surface area contributed by atoms with E-state index in [1.165, 1.54) is 6.08 Å². The van der Waals surface area contributed by atoms with Gasteiger partial charge in [0.2, 0.25) is 0 Å². The van der Waals surface area contributed by atoms with Gasteiger partial charge in [-0.15, -0.1) is 0 Å². The number of methoxy groups -OCH3 is 1. The number of phenols is 2. The molecule has 3 aromatic rings. The van der Waals surface area contributed by atoms with Gasteiger partial charge in [-0.05, 0) is 76.7 Å². The van der Waals surface area contributed by atoms with Crippen LogP contribution in [0.3, 0.4) is 0 Å². The Balaban J connectivity index is 2.29. The molecule has 3 rings (SSSR count). The number of ether oxygens (including phenoxy) is 1. The zero-order valence-corrected chi connectivity index (χ0v) is 18.1. The van der Waals surface area contributed by atoms with Crippen LogP contribution < -0.4 is 4.74 Å². The number of carbonyl (C=O) groups is 1. The van der Waals surface area contributed by atoms with E-state index in [2.05, 4.69) is 6.92 Å². The second-order valence-corrected chi connectivity index (χ2v) is 7.33. The molecule has 0 spiro atoms. The molecule has 0 aliphatic carbocycles. The van der Waals surface area contributed by atoms with Gasteiger partial charge in [0.05, 0.1) is 7.11 Å². The maximum Gasteiger partial charge on any atom is 0.328 e. The topological polar surface area (TPSA) is 87.0 Å². The average molecular weight is 431 g/mol. The number of carboxylic acid groups (broad SMARTS) is 1. The molecule has 0 saturated carbocycles. The molecular formula is C27H26O5. The predicted molar refractivity (Wildman–Crippen MR) is 127 cm³/mol. The lowest BCUT2D eigenvalue weighted by molar-refractivity contribution is -0.131. The van der Waals surface area contributed by atoms with Crippen LogP contribution in [0.15, 0.2) is 72.8 Å². The zero-order chi connectivity index (χ0) is 23.1. The lowest BCUT2D eigenvalue weighted by Crippen LogP contribution is -1.97. The predicted octanol–water partition coefficient (Wildman–Crippen LogP) is 5.96. The number of aliphatic carboxylic acids is 1. The van der Waals surface area contributed by atoms with Crippen LogP contribution in [-0.4, -0.2) is 28.4 Å². The van der Waals surface area contributed by atoms with Crippen LogP contribution in [0, 0.1) is 0 Å². The molecule has 3 aromatic carbocycles. The van der Waals surface area contributed by atoms with Crippen LogP contribution in [-0.2, 0) is 4.79 Å². The minimum Gasteiger partial charge on any atom is -0.508 e. The van der Waals surface area contributed by atoms with Gasteiger partial charge in [0.25, 0.3) is 0 Å². The third-order valence-electron chi connectivity index (χ3n) is 5.10. The van der Waals surface area contributed by atoms with Crippen LogP contribution in [0.2, 0.25) is 0 Å². The van der Waals surface area contributed by atoms with Gasteiger partial charge in [-0.2, -0.15) is 0 Å². The van der Waals surface area contributed by atoms with Crippen LogP contribution in [0.4, 0.5) is 0 Å². The second-order valence-electron chi connectivity index (χ2n) is 7.33. The molecule has 0 amide bonds. The highest BCUT2D eigenvalue weighted by Crippen LogP contribution is 2.37. The summed E-state index contributed by atoms with van der Waals surface area (Å²) in [5.41, 5.74) is 5.50. The number of carboxylic acids is 1. The third kappa shape index (κ3) is 5.38. The fourth-order valence-corrected chi connectivity index (χ4v) is 3.65. The molecule has 5 heteroatoms. The lowest BCUT2D eigenvalue weighted by atomic mass is 9.86. The van der Waals surface area contributed by atoms with E-state index >= 15 is 0 Å². The Hall–Kier alpha value is -3.99. The molecule has 0 saturated heterocycles. The molecule has 0 aliphatic rings. The first-order chi connectivity index (χ1) is 15.4. The van der Waals surface area contributed by atoms with E-state index in [1.54, 1.807) is 31.4 Å². The molecule has 0 aliphatic heterocycles. The number of benzene rings is 3. The minimum atomic E-state index is -1.03. The van der Waals surface area contributed by atoms with Gasteiger partial charge in [-0.25, -0.2) is 4.79 Å². The highest BCUT2D eigenvalue weighted by Gasteiger charge is 2.15. The van der Waals surface area contributed by atoms with Gasteiger partial charge in [0.15, 0.2) is 0 Å². The van der Waals surface area contributed by atoms with Gasteiger partial charge in [-0.1, -0.05) is 43.7 Å². The number of aromatic hydroxyl groups is 2. The maximum atomic E-state index is 11.0. The highest BCUT2D eigenvalue weighted by atomic mass is 16.5. The van der Waals surface area contributed by atoms with Gasteiger partial charge in [0, 0.05) is 11.6 Å². The second kappa shape index (κ2) is 10.4. The molecule has 164 valence electrons. The highest BCUT2D eigenvalue weighted by molar-refractivity contribution is 5.99. The van der Waals surface area contributed by atoms with Gasteiger partial charge < -0.3 is 20.1 Å². The molecule has 0 atom stereocenters. The van der Waals surface area contributed by atoms with Gasteiger partial charge in [-0.3, -0.25) is 0 Å². The molecule has 0 bridgehead atoms. The monoisotopic (exact) mass is 430 g/mol. The van der Waals surface area contributed by atoms with Crippen molar-refractivity contribution in [2.24, 2.45) is 0 Å². The first kappa shape index (κ1) is 22.7. The number of allylic oxidation sites excluding steroid dienone is 1. The molecule has 32 heavy (non-hydrogen) atoms. The fraction of sp³-hybridized carbons (Fsp3) is 0.148. The van der Waals surface area contributed by atoms with Gasteiger partial charge >= 0.3 is 5.97 Å². The van der Waals surface area contributed by atoms with Crippen LogP contribution in [0.1, 0.15) is 42.0 Å². The summed E-state index contributed by atoms with van der Waals surface area (Å²) < 4.78 is 5.41. The van der Waals surface area contributed by atoms with E-state index in [-0.39, 0.29) is 11.5 Å². The van der Waals surface area contributed by atoms with E-state index < -0.39 is 5.97 Å². The number of hydrogen-bond donors (Lipinski definition) is 3. The minimum absolute atomic E-state index is 0.182. The number of rotatable bonds is 8.